The van der Waals surface area contributed by atoms with Crippen molar-refractivity contribution < 1.29 is 13.2 Å². The normalized spacial score (nSPS) is 16.9. The van der Waals surface area contributed by atoms with Gasteiger partial charge in [-0.2, -0.15) is 11.3 Å². The van der Waals surface area contributed by atoms with Crippen LogP contribution in [-0.4, -0.2) is 40.1 Å². The predicted octanol–water partition coefficient (Wildman–Crippen LogP) is 3.53. The summed E-state index contributed by atoms with van der Waals surface area (Å²) < 4.78 is 33.1. The van der Waals surface area contributed by atoms with Gasteiger partial charge in [-0.3, -0.25) is 4.90 Å². The van der Waals surface area contributed by atoms with Crippen molar-refractivity contribution in [3.63, 3.8) is 0 Å². The van der Waals surface area contributed by atoms with Crippen LogP contribution in [0.3, 0.4) is 0 Å². The Balaban J connectivity index is 1.76. The third kappa shape index (κ3) is 4.35. The fourth-order valence-corrected chi connectivity index (χ4v) is 5.16. The third-order valence-electron chi connectivity index (χ3n) is 4.41. The molecule has 3 rings (SSSR count). The van der Waals surface area contributed by atoms with E-state index in [4.69, 9.17) is 16.3 Å². The molecule has 2 heterocycles. The summed E-state index contributed by atoms with van der Waals surface area (Å²) in [6, 6.07) is 6.60. The molecule has 1 aliphatic heterocycles. The molecule has 1 atom stereocenters. The predicted molar refractivity (Wildman–Crippen MR) is 101 cm³/mol. The molecule has 0 radical (unpaired) electrons. The van der Waals surface area contributed by atoms with E-state index in [-0.39, 0.29) is 16.0 Å². The van der Waals surface area contributed by atoms with Crippen LogP contribution in [0.2, 0.25) is 5.02 Å². The Morgan fingerprint density at radius 1 is 1.32 bits per heavy atom. The average Bonchev–Trinajstić information content (AvgIpc) is 3.29. The van der Waals surface area contributed by atoms with Crippen LogP contribution in [0.25, 0.3) is 0 Å². The van der Waals surface area contributed by atoms with E-state index >= 15 is 0 Å². The Morgan fingerprint density at radius 3 is 2.68 bits per heavy atom. The zero-order chi connectivity index (χ0) is 17.9. The van der Waals surface area contributed by atoms with Crippen LogP contribution in [0.1, 0.15) is 24.4 Å². The molecule has 1 saturated heterocycles. The second-order valence-corrected chi connectivity index (χ2v) is 8.92. The standard InChI is InChI=1S/C17H21ClN2O3S2/c1-23-17-5-4-14(10-15(17)18)25(21,22)19-11-16(13-6-9-24-12-13)20-7-2-3-8-20/h4-6,9-10,12,16,19H,2-3,7-8,11H2,1H3. The Hall–Kier alpha value is -1.12. The highest BCUT2D eigenvalue weighted by atomic mass is 35.5. The first-order valence-corrected chi connectivity index (χ1v) is 10.9. The van der Waals surface area contributed by atoms with Crippen molar-refractivity contribution in [2.75, 3.05) is 26.7 Å². The number of hydrogen-bond donors (Lipinski definition) is 1. The van der Waals surface area contributed by atoms with E-state index in [9.17, 15) is 8.42 Å². The van der Waals surface area contributed by atoms with E-state index in [2.05, 4.69) is 21.1 Å². The van der Waals surface area contributed by atoms with Crippen molar-refractivity contribution in [2.45, 2.75) is 23.8 Å². The number of hydrogen-bond acceptors (Lipinski definition) is 5. The van der Waals surface area contributed by atoms with E-state index < -0.39 is 10.0 Å². The van der Waals surface area contributed by atoms with Crippen LogP contribution in [0.4, 0.5) is 0 Å². The quantitative estimate of drug-likeness (QED) is 0.772. The number of likely N-dealkylation sites (tertiary alicyclic amines) is 1. The summed E-state index contributed by atoms with van der Waals surface area (Å²) in [6.07, 6.45) is 2.31. The highest BCUT2D eigenvalue weighted by Gasteiger charge is 2.26. The number of sulfonamides is 1. The van der Waals surface area contributed by atoms with E-state index in [1.165, 1.54) is 19.2 Å². The summed E-state index contributed by atoms with van der Waals surface area (Å²) in [4.78, 5) is 2.48. The van der Waals surface area contributed by atoms with Crippen LogP contribution >= 0.6 is 22.9 Å². The summed E-state index contributed by atoms with van der Waals surface area (Å²) in [5, 5.41) is 4.39. The minimum Gasteiger partial charge on any atom is -0.495 e. The summed E-state index contributed by atoms with van der Waals surface area (Å²) >= 11 is 7.69. The zero-order valence-electron chi connectivity index (χ0n) is 13.9. The van der Waals surface area contributed by atoms with Gasteiger partial charge in [-0.05, 0) is 66.5 Å². The summed E-state index contributed by atoms with van der Waals surface area (Å²) in [7, 11) is -2.14. The molecule has 1 aliphatic rings. The fraction of sp³-hybridized carbons (Fsp3) is 0.412. The molecule has 5 nitrogen and oxygen atoms in total. The number of nitrogens with zero attached hydrogens (tertiary/aromatic N) is 1. The number of thiophene rings is 1. The van der Waals surface area contributed by atoms with Gasteiger partial charge >= 0.3 is 0 Å². The van der Waals surface area contributed by atoms with Gasteiger partial charge in [-0.25, -0.2) is 13.1 Å². The summed E-state index contributed by atoms with van der Waals surface area (Å²) in [5.41, 5.74) is 1.15. The average molecular weight is 401 g/mol. The lowest BCUT2D eigenvalue weighted by Gasteiger charge is -2.27. The number of methoxy groups -OCH3 is 1. The molecule has 1 fully saturated rings. The minimum atomic E-state index is -3.64. The van der Waals surface area contributed by atoms with Crippen molar-refractivity contribution in [2.24, 2.45) is 0 Å². The Labute approximate surface area is 157 Å². The van der Waals surface area contributed by atoms with Gasteiger partial charge in [0.15, 0.2) is 0 Å². The zero-order valence-corrected chi connectivity index (χ0v) is 16.3. The monoisotopic (exact) mass is 400 g/mol. The number of nitrogens with one attached hydrogen (secondary N) is 1. The van der Waals surface area contributed by atoms with Crippen LogP contribution < -0.4 is 9.46 Å². The van der Waals surface area contributed by atoms with Crippen LogP contribution in [0.5, 0.6) is 5.75 Å². The first-order chi connectivity index (χ1) is 12.0. The molecular formula is C17H21ClN2O3S2. The molecule has 1 aromatic heterocycles. The molecule has 8 heteroatoms. The molecule has 0 bridgehead atoms. The first kappa shape index (κ1) is 18.7. The third-order valence-corrected chi connectivity index (χ3v) is 6.83. The summed E-state index contributed by atoms with van der Waals surface area (Å²) in [6.45, 7) is 2.33. The molecule has 2 aromatic rings. The van der Waals surface area contributed by atoms with Crippen molar-refractivity contribution in [3.8, 4) is 5.75 Å². The maximum absolute atomic E-state index is 12.6. The lowest BCUT2D eigenvalue weighted by atomic mass is 10.1. The molecule has 25 heavy (non-hydrogen) atoms. The van der Waals surface area contributed by atoms with Crippen LogP contribution in [0.15, 0.2) is 39.9 Å². The molecule has 1 aromatic carbocycles. The van der Waals surface area contributed by atoms with E-state index in [0.717, 1.165) is 31.5 Å². The smallest absolute Gasteiger partial charge is 0.240 e. The van der Waals surface area contributed by atoms with Gasteiger partial charge in [0, 0.05) is 12.6 Å². The Morgan fingerprint density at radius 2 is 2.08 bits per heavy atom. The lowest BCUT2D eigenvalue weighted by Crippen LogP contribution is -2.36. The Kier molecular flexibility index (Phi) is 6.01. The van der Waals surface area contributed by atoms with Gasteiger partial charge in [-0.1, -0.05) is 11.6 Å². The van der Waals surface area contributed by atoms with Gasteiger partial charge in [-0.15, -0.1) is 0 Å². The van der Waals surface area contributed by atoms with Crippen molar-refractivity contribution in [3.05, 3.63) is 45.6 Å². The number of halogens is 1. The SMILES string of the molecule is COc1ccc(S(=O)(=O)NCC(c2ccsc2)N2CCCC2)cc1Cl. The highest BCUT2D eigenvalue weighted by molar-refractivity contribution is 7.89. The van der Waals surface area contributed by atoms with Crippen LogP contribution in [-0.2, 0) is 10.0 Å². The van der Waals surface area contributed by atoms with E-state index in [1.54, 1.807) is 17.4 Å². The molecular weight excluding hydrogens is 380 g/mol. The number of ether oxygens (including phenoxy) is 1. The summed E-state index contributed by atoms with van der Waals surface area (Å²) in [5.74, 6) is 0.453. The molecule has 1 unspecified atom stereocenters. The maximum Gasteiger partial charge on any atom is 0.240 e. The molecule has 1 N–H and O–H groups in total. The fourth-order valence-electron chi connectivity index (χ4n) is 3.06. The van der Waals surface area contributed by atoms with Crippen molar-refractivity contribution in [1.29, 1.82) is 0 Å². The minimum absolute atomic E-state index is 0.0530. The van der Waals surface area contributed by atoms with Crippen molar-refractivity contribution >= 4 is 33.0 Å². The largest absolute Gasteiger partial charge is 0.495 e. The topological polar surface area (TPSA) is 58.6 Å². The number of rotatable bonds is 7. The van der Waals surface area contributed by atoms with Gasteiger partial charge in [0.25, 0.3) is 0 Å². The Bertz CT molecular complexity index is 803. The molecule has 0 saturated carbocycles. The lowest BCUT2D eigenvalue weighted by molar-refractivity contribution is 0.247. The van der Waals surface area contributed by atoms with Crippen molar-refractivity contribution in [1.82, 2.24) is 9.62 Å². The highest BCUT2D eigenvalue weighted by Crippen LogP contribution is 2.29. The van der Waals surface area contributed by atoms with Gasteiger partial charge in [0.1, 0.15) is 5.75 Å². The second-order valence-electron chi connectivity index (χ2n) is 5.96. The van der Waals surface area contributed by atoms with E-state index in [1.807, 2.05) is 5.38 Å². The van der Waals surface area contributed by atoms with Crippen LogP contribution in [0, 0.1) is 0 Å². The number of benzene rings is 1. The van der Waals surface area contributed by atoms with Gasteiger partial charge in [0.05, 0.1) is 17.0 Å². The van der Waals surface area contributed by atoms with Gasteiger partial charge < -0.3 is 4.74 Å². The molecule has 0 spiro atoms. The molecule has 0 aliphatic carbocycles. The second kappa shape index (κ2) is 8.05. The first-order valence-electron chi connectivity index (χ1n) is 8.10. The molecule has 136 valence electrons. The van der Waals surface area contributed by atoms with Gasteiger partial charge in [0.2, 0.25) is 10.0 Å². The van der Waals surface area contributed by atoms with E-state index in [0.29, 0.717) is 12.3 Å². The molecule has 0 amide bonds. The maximum atomic E-state index is 12.6.